The van der Waals surface area contributed by atoms with Crippen molar-refractivity contribution in [1.82, 2.24) is 20.0 Å². The molecule has 0 atom stereocenters. The van der Waals surface area contributed by atoms with Crippen LogP contribution in [-0.4, -0.2) is 57.7 Å². The summed E-state index contributed by atoms with van der Waals surface area (Å²) in [5, 5.41) is 7.16. The first kappa shape index (κ1) is 20.8. The molecule has 0 unspecified atom stereocenters. The average Bonchev–Trinajstić information content (AvgIpc) is 3.18. The van der Waals surface area contributed by atoms with Gasteiger partial charge in [0.05, 0.1) is 12.2 Å². The van der Waals surface area contributed by atoms with Crippen LogP contribution in [-0.2, 0) is 17.8 Å². The molecule has 0 bridgehead atoms. The molecule has 1 N–H and O–H groups in total. The molecule has 0 radical (unpaired) electrons. The number of aromatic nitrogens is 2. The number of rotatable bonds is 3. The minimum Gasteiger partial charge on any atom is -0.337 e. The first-order valence-electron chi connectivity index (χ1n) is 10.0. The van der Waals surface area contributed by atoms with E-state index in [2.05, 4.69) is 10.2 Å². The molecular weight excluding hydrogens is 410 g/mol. The quantitative estimate of drug-likeness (QED) is 0.753. The lowest BCUT2D eigenvalue weighted by Gasteiger charge is -2.33. The molecule has 2 aromatic rings. The second kappa shape index (κ2) is 8.37. The summed E-state index contributed by atoms with van der Waals surface area (Å²) in [6, 6.07) is 2.85. The van der Waals surface area contributed by atoms with Gasteiger partial charge < -0.3 is 9.80 Å². The summed E-state index contributed by atoms with van der Waals surface area (Å²) in [5.74, 6) is -1.64. The van der Waals surface area contributed by atoms with Crippen molar-refractivity contribution in [2.75, 3.05) is 25.9 Å². The number of nitrogens with one attached hydrogen (secondary N) is 1. The number of benzene rings is 1. The van der Waals surface area contributed by atoms with E-state index in [1.54, 1.807) is 22.1 Å². The van der Waals surface area contributed by atoms with E-state index >= 15 is 0 Å². The van der Waals surface area contributed by atoms with Crippen LogP contribution < -0.4 is 0 Å². The van der Waals surface area contributed by atoms with Gasteiger partial charge in [-0.25, -0.2) is 8.78 Å². The van der Waals surface area contributed by atoms with E-state index < -0.39 is 11.6 Å². The lowest BCUT2D eigenvalue weighted by molar-refractivity contribution is -0.129. The van der Waals surface area contributed by atoms with Crippen molar-refractivity contribution in [2.24, 2.45) is 0 Å². The Hall–Kier alpha value is -2.42. The Morgan fingerprint density at radius 1 is 1.17 bits per heavy atom. The fourth-order valence-electron chi connectivity index (χ4n) is 4.38. The smallest absolute Gasteiger partial charge is 0.274 e. The standard InChI is InChI=1S/C21H24F2N4O2S/c1-12(28)27-10-7-15-17(11-27)24-25-19(15)21(29)26-8-5-13(6-9-26)14-3-4-16(22)18(23)20(14)30-2/h3-4,13H,5-11H2,1-2H3,(H,24,25). The van der Waals surface area contributed by atoms with Crippen molar-refractivity contribution in [3.63, 3.8) is 0 Å². The number of H-pyrrole nitrogens is 1. The van der Waals surface area contributed by atoms with Crippen LogP contribution in [0, 0.1) is 11.6 Å². The van der Waals surface area contributed by atoms with Gasteiger partial charge in [0.25, 0.3) is 5.91 Å². The number of hydrogen-bond donors (Lipinski definition) is 1. The van der Waals surface area contributed by atoms with Crippen LogP contribution in [0.4, 0.5) is 8.78 Å². The van der Waals surface area contributed by atoms with E-state index in [9.17, 15) is 18.4 Å². The molecule has 9 heteroatoms. The fraction of sp³-hybridized carbons (Fsp3) is 0.476. The summed E-state index contributed by atoms with van der Waals surface area (Å²) < 4.78 is 27.7. The van der Waals surface area contributed by atoms with Crippen molar-refractivity contribution in [3.05, 3.63) is 46.3 Å². The van der Waals surface area contributed by atoms with Crippen LogP contribution in [0.1, 0.15) is 53.0 Å². The van der Waals surface area contributed by atoms with E-state index in [-0.39, 0.29) is 17.7 Å². The Labute approximate surface area is 178 Å². The monoisotopic (exact) mass is 434 g/mol. The molecule has 2 amide bonds. The second-order valence-electron chi connectivity index (χ2n) is 7.77. The van der Waals surface area contributed by atoms with Gasteiger partial charge in [0.2, 0.25) is 5.91 Å². The molecule has 1 fully saturated rings. The zero-order chi connectivity index (χ0) is 21.4. The maximum atomic E-state index is 14.1. The van der Waals surface area contributed by atoms with Crippen molar-refractivity contribution in [1.29, 1.82) is 0 Å². The first-order chi connectivity index (χ1) is 14.4. The van der Waals surface area contributed by atoms with Gasteiger partial charge in [-0.3, -0.25) is 14.7 Å². The van der Waals surface area contributed by atoms with Crippen LogP contribution in [0.2, 0.25) is 0 Å². The molecular formula is C21H24F2N4O2S. The highest BCUT2D eigenvalue weighted by atomic mass is 32.2. The highest BCUT2D eigenvalue weighted by molar-refractivity contribution is 7.98. The number of carbonyl (C=O) groups is 2. The number of fused-ring (bicyclic) bond motifs is 1. The minimum atomic E-state index is -0.831. The third-order valence-corrected chi connectivity index (χ3v) is 6.91. The Bertz CT molecular complexity index is 986. The normalized spacial score (nSPS) is 17.2. The topological polar surface area (TPSA) is 69.3 Å². The number of nitrogens with zero attached hydrogens (tertiary/aromatic N) is 3. The third kappa shape index (κ3) is 3.71. The van der Waals surface area contributed by atoms with Gasteiger partial charge in [0, 0.05) is 37.0 Å². The number of halogens is 2. The highest BCUT2D eigenvalue weighted by Gasteiger charge is 2.31. The molecule has 160 valence electrons. The lowest BCUT2D eigenvalue weighted by Crippen LogP contribution is -2.39. The number of carbonyl (C=O) groups excluding carboxylic acids is 2. The zero-order valence-electron chi connectivity index (χ0n) is 17.0. The molecule has 0 aliphatic carbocycles. The number of piperidine rings is 1. The first-order valence-corrected chi connectivity index (χ1v) is 11.3. The summed E-state index contributed by atoms with van der Waals surface area (Å²) in [5.41, 5.74) is 2.96. The van der Waals surface area contributed by atoms with E-state index in [1.807, 2.05) is 0 Å². The number of hydrogen-bond acceptors (Lipinski definition) is 4. The lowest BCUT2D eigenvalue weighted by atomic mass is 9.89. The predicted octanol–water partition coefficient (Wildman–Crippen LogP) is 3.33. The molecule has 2 aliphatic heterocycles. The van der Waals surface area contributed by atoms with Crippen LogP contribution in [0.25, 0.3) is 0 Å². The highest BCUT2D eigenvalue weighted by Crippen LogP contribution is 2.37. The molecule has 30 heavy (non-hydrogen) atoms. The molecule has 1 saturated heterocycles. The van der Waals surface area contributed by atoms with Crippen LogP contribution in [0.5, 0.6) is 0 Å². The summed E-state index contributed by atoms with van der Waals surface area (Å²) in [7, 11) is 0. The van der Waals surface area contributed by atoms with Crippen molar-refractivity contribution < 1.29 is 18.4 Å². The Morgan fingerprint density at radius 3 is 2.57 bits per heavy atom. The Morgan fingerprint density at radius 2 is 1.90 bits per heavy atom. The predicted molar refractivity (Wildman–Crippen MR) is 109 cm³/mol. The summed E-state index contributed by atoms with van der Waals surface area (Å²) in [6.45, 7) is 3.64. The van der Waals surface area contributed by atoms with Crippen molar-refractivity contribution in [2.45, 2.75) is 43.5 Å². The van der Waals surface area contributed by atoms with Gasteiger partial charge in [0.1, 0.15) is 0 Å². The Kier molecular flexibility index (Phi) is 5.81. The third-order valence-electron chi connectivity index (χ3n) is 6.09. The molecule has 3 heterocycles. The van der Waals surface area contributed by atoms with Gasteiger partial charge in [0.15, 0.2) is 17.3 Å². The van der Waals surface area contributed by atoms with E-state index in [4.69, 9.17) is 0 Å². The van der Waals surface area contributed by atoms with E-state index in [0.29, 0.717) is 56.0 Å². The molecule has 6 nitrogen and oxygen atoms in total. The second-order valence-corrected chi connectivity index (χ2v) is 8.59. The van der Waals surface area contributed by atoms with Gasteiger partial charge in [-0.1, -0.05) is 6.07 Å². The average molecular weight is 435 g/mol. The summed E-state index contributed by atoms with van der Waals surface area (Å²) in [6.07, 6.45) is 3.73. The van der Waals surface area contributed by atoms with Gasteiger partial charge in [-0.2, -0.15) is 5.10 Å². The van der Waals surface area contributed by atoms with Crippen molar-refractivity contribution in [3.8, 4) is 0 Å². The van der Waals surface area contributed by atoms with Gasteiger partial charge in [-0.05, 0) is 43.1 Å². The number of thioether (sulfide) groups is 1. The van der Waals surface area contributed by atoms with Gasteiger partial charge >= 0.3 is 0 Å². The van der Waals surface area contributed by atoms with Gasteiger partial charge in [-0.15, -0.1) is 11.8 Å². The number of aromatic amines is 1. The summed E-state index contributed by atoms with van der Waals surface area (Å²) >= 11 is 1.21. The number of likely N-dealkylation sites (tertiary alicyclic amines) is 1. The van der Waals surface area contributed by atoms with Crippen LogP contribution >= 0.6 is 11.8 Å². The van der Waals surface area contributed by atoms with Crippen molar-refractivity contribution >= 4 is 23.6 Å². The molecule has 4 rings (SSSR count). The fourth-order valence-corrected chi connectivity index (χ4v) is 5.13. The largest absolute Gasteiger partial charge is 0.337 e. The molecule has 0 spiro atoms. The van der Waals surface area contributed by atoms with E-state index in [1.165, 1.54) is 24.8 Å². The summed E-state index contributed by atoms with van der Waals surface area (Å²) in [4.78, 5) is 28.5. The van der Waals surface area contributed by atoms with Crippen LogP contribution in [0.15, 0.2) is 17.0 Å². The Balaban J connectivity index is 1.45. The number of amides is 2. The van der Waals surface area contributed by atoms with Crippen LogP contribution in [0.3, 0.4) is 0 Å². The molecule has 1 aromatic carbocycles. The van der Waals surface area contributed by atoms with E-state index in [0.717, 1.165) is 16.8 Å². The molecule has 1 aromatic heterocycles. The maximum absolute atomic E-state index is 14.1. The minimum absolute atomic E-state index is 0.00652. The maximum Gasteiger partial charge on any atom is 0.274 e. The SMILES string of the molecule is CSc1c(C2CCN(C(=O)c3n[nH]c4c3CCN(C(C)=O)C4)CC2)ccc(F)c1F. The molecule has 0 saturated carbocycles. The molecule has 2 aliphatic rings. The zero-order valence-corrected chi connectivity index (χ0v) is 17.8.